The zero-order valence-electron chi connectivity index (χ0n) is 11.7. The minimum Gasteiger partial charge on any atom is -0.343 e. The van der Waals surface area contributed by atoms with E-state index in [2.05, 4.69) is 15.6 Å². The van der Waals surface area contributed by atoms with Gasteiger partial charge in [-0.15, -0.1) is 5.10 Å². The van der Waals surface area contributed by atoms with Crippen LogP contribution in [0.25, 0.3) is 0 Å². The summed E-state index contributed by atoms with van der Waals surface area (Å²) in [7, 11) is 0. The van der Waals surface area contributed by atoms with Crippen molar-refractivity contribution in [3.05, 3.63) is 34.3 Å². The highest BCUT2D eigenvalue weighted by atomic mass is 32.2. The molecule has 1 fully saturated rings. The average molecular weight is 323 g/mol. The van der Waals surface area contributed by atoms with Crippen LogP contribution < -0.4 is 11.1 Å². The molecule has 0 bridgehead atoms. The summed E-state index contributed by atoms with van der Waals surface area (Å²) in [5.41, 5.74) is 7.17. The first-order valence-electron chi connectivity index (χ1n) is 6.66. The van der Waals surface area contributed by atoms with Crippen molar-refractivity contribution in [3.8, 4) is 0 Å². The highest BCUT2D eigenvalue weighted by Gasteiger charge is 2.42. The molecule has 2 aromatic rings. The Morgan fingerprint density at radius 3 is 3.10 bits per heavy atom. The summed E-state index contributed by atoms with van der Waals surface area (Å²) in [4.78, 5) is 12.2. The number of hydrogen-bond acceptors (Lipinski definition) is 6. The van der Waals surface area contributed by atoms with Crippen LogP contribution in [0.15, 0.2) is 23.0 Å². The molecule has 1 aliphatic rings. The fourth-order valence-corrected chi connectivity index (χ4v) is 3.24. The zero-order chi connectivity index (χ0) is 14.9. The van der Waals surface area contributed by atoms with Gasteiger partial charge in [0.25, 0.3) is 5.91 Å². The Hall–Kier alpha value is -1.38. The maximum absolute atomic E-state index is 12.2. The second-order valence-corrected chi connectivity index (χ2v) is 6.88. The van der Waals surface area contributed by atoms with Crippen molar-refractivity contribution in [1.82, 2.24) is 20.3 Å². The number of nitrogens with two attached hydrogens (primary N) is 1. The number of carbonyl (C=O) groups excluding carboxylic acids is 1. The zero-order valence-corrected chi connectivity index (χ0v) is 13.3. The molecule has 0 saturated heterocycles. The van der Waals surface area contributed by atoms with E-state index in [1.54, 1.807) is 16.4 Å². The first-order chi connectivity index (χ1) is 10.1. The fraction of sp³-hybridized carbons (Fsp3) is 0.462. The molecule has 2 heterocycles. The lowest BCUT2D eigenvalue weighted by molar-refractivity contribution is 0.0940. The third-order valence-electron chi connectivity index (χ3n) is 3.51. The quantitative estimate of drug-likeness (QED) is 0.843. The number of amides is 1. The van der Waals surface area contributed by atoms with Crippen molar-refractivity contribution in [3.63, 3.8) is 0 Å². The molecule has 1 amide bonds. The van der Waals surface area contributed by atoms with E-state index in [1.165, 1.54) is 11.3 Å². The summed E-state index contributed by atoms with van der Waals surface area (Å²) in [5.74, 6) is 0.658. The molecule has 1 aliphatic carbocycles. The smallest absolute Gasteiger partial charge is 0.252 e. The third kappa shape index (κ3) is 3.12. The number of hydrogen-bond donors (Lipinski definition) is 2. The summed E-state index contributed by atoms with van der Waals surface area (Å²) in [6.45, 7) is 0. The largest absolute Gasteiger partial charge is 0.343 e. The summed E-state index contributed by atoms with van der Waals surface area (Å²) in [6, 6.07) is 1.65. The van der Waals surface area contributed by atoms with E-state index in [9.17, 15) is 4.79 Å². The van der Waals surface area contributed by atoms with Crippen LogP contribution in [0.2, 0.25) is 0 Å². The van der Waals surface area contributed by atoms with E-state index >= 15 is 0 Å². The van der Waals surface area contributed by atoms with Gasteiger partial charge in [0.2, 0.25) is 0 Å². The van der Waals surface area contributed by atoms with Crippen LogP contribution in [-0.4, -0.2) is 32.9 Å². The molecular weight excluding hydrogens is 306 g/mol. The number of rotatable bonds is 6. The van der Waals surface area contributed by atoms with E-state index in [1.807, 2.05) is 29.3 Å². The number of nitrogens with zero attached hydrogens (tertiary/aromatic N) is 3. The van der Waals surface area contributed by atoms with Crippen LogP contribution in [0, 0.1) is 0 Å². The van der Waals surface area contributed by atoms with Crippen molar-refractivity contribution in [2.24, 2.45) is 5.73 Å². The van der Waals surface area contributed by atoms with Crippen LogP contribution in [0.3, 0.4) is 0 Å². The summed E-state index contributed by atoms with van der Waals surface area (Å²) in [6.07, 6.45) is 5.69. The number of thioether (sulfide) groups is 1. The number of nitrogens with one attached hydrogen (secondary N) is 1. The normalized spacial score (nSPS) is 17.4. The molecule has 1 saturated carbocycles. The molecule has 3 rings (SSSR count). The van der Waals surface area contributed by atoms with E-state index in [4.69, 9.17) is 5.73 Å². The Bertz CT molecular complexity index is 620. The second kappa shape index (κ2) is 5.78. The Morgan fingerprint density at radius 2 is 2.48 bits per heavy atom. The van der Waals surface area contributed by atoms with Gasteiger partial charge < -0.3 is 11.1 Å². The van der Waals surface area contributed by atoms with Gasteiger partial charge in [0.1, 0.15) is 11.4 Å². The molecular formula is C13H17N5OS2. The minimum atomic E-state index is -0.369. The topological polar surface area (TPSA) is 85.8 Å². The van der Waals surface area contributed by atoms with Gasteiger partial charge in [-0.05, 0) is 30.5 Å². The monoisotopic (exact) mass is 323 g/mol. The second-order valence-electron chi connectivity index (χ2n) is 5.18. The van der Waals surface area contributed by atoms with E-state index in [0.29, 0.717) is 5.56 Å². The maximum atomic E-state index is 12.2. The number of carbonyl (C=O) groups is 1. The number of thiophene rings is 1. The van der Waals surface area contributed by atoms with Gasteiger partial charge in [-0.25, -0.2) is 4.68 Å². The Balaban J connectivity index is 1.74. The molecule has 0 radical (unpaired) electrons. The fourth-order valence-electron chi connectivity index (χ4n) is 2.01. The van der Waals surface area contributed by atoms with Crippen molar-refractivity contribution in [1.29, 1.82) is 0 Å². The van der Waals surface area contributed by atoms with Gasteiger partial charge in [0.15, 0.2) is 0 Å². The Labute approximate surface area is 131 Å². The first-order valence-corrected chi connectivity index (χ1v) is 9.00. The predicted octanol–water partition coefficient (Wildman–Crippen LogP) is 1.58. The van der Waals surface area contributed by atoms with Gasteiger partial charge >= 0.3 is 0 Å². The van der Waals surface area contributed by atoms with E-state index in [-0.39, 0.29) is 17.6 Å². The van der Waals surface area contributed by atoms with E-state index < -0.39 is 0 Å². The molecule has 3 N–H and O–H groups in total. The maximum Gasteiger partial charge on any atom is 0.252 e. The average Bonchev–Trinajstić information content (AvgIpc) is 2.95. The van der Waals surface area contributed by atoms with Crippen LogP contribution in [0.5, 0.6) is 0 Å². The summed E-state index contributed by atoms with van der Waals surface area (Å²) < 4.78 is 1.71. The van der Waals surface area contributed by atoms with Crippen LogP contribution >= 0.6 is 23.1 Å². The SMILES string of the molecule is CSC[C@H](NC(=O)c1ccsc1)c1cn(C2(N)CC2)nn1. The molecule has 1 atom stereocenters. The first kappa shape index (κ1) is 14.6. The van der Waals surface area contributed by atoms with Gasteiger partial charge in [0.05, 0.1) is 17.8 Å². The third-order valence-corrected chi connectivity index (χ3v) is 4.86. The summed E-state index contributed by atoms with van der Waals surface area (Å²) in [5, 5.41) is 15.0. The lowest BCUT2D eigenvalue weighted by Gasteiger charge is -2.15. The van der Waals surface area contributed by atoms with E-state index in [0.717, 1.165) is 24.3 Å². The predicted molar refractivity (Wildman–Crippen MR) is 84.3 cm³/mol. The van der Waals surface area contributed by atoms with Gasteiger partial charge in [-0.1, -0.05) is 5.21 Å². The van der Waals surface area contributed by atoms with Crippen molar-refractivity contribution >= 4 is 29.0 Å². The number of aromatic nitrogens is 3. The van der Waals surface area contributed by atoms with Gasteiger partial charge in [-0.3, -0.25) is 4.79 Å². The summed E-state index contributed by atoms with van der Waals surface area (Å²) >= 11 is 3.16. The molecule has 0 spiro atoms. The van der Waals surface area contributed by atoms with Crippen LogP contribution in [-0.2, 0) is 5.66 Å². The minimum absolute atomic E-state index is 0.0845. The highest BCUT2D eigenvalue weighted by molar-refractivity contribution is 7.98. The van der Waals surface area contributed by atoms with Crippen molar-refractivity contribution < 1.29 is 4.79 Å². The highest BCUT2D eigenvalue weighted by Crippen LogP contribution is 2.37. The van der Waals surface area contributed by atoms with Crippen molar-refractivity contribution in [2.75, 3.05) is 12.0 Å². The van der Waals surface area contributed by atoms with Crippen LogP contribution in [0.1, 0.15) is 34.9 Å². The molecule has 0 aliphatic heterocycles. The molecule has 112 valence electrons. The van der Waals surface area contributed by atoms with Gasteiger partial charge in [-0.2, -0.15) is 23.1 Å². The van der Waals surface area contributed by atoms with Gasteiger partial charge in [0, 0.05) is 11.1 Å². The molecule has 2 aromatic heterocycles. The Morgan fingerprint density at radius 1 is 1.67 bits per heavy atom. The molecule has 0 unspecified atom stereocenters. The lowest BCUT2D eigenvalue weighted by Crippen LogP contribution is -2.30. The van der Waals surface area contributed by atoms with Crippen LogP contribution in [0.4, 0.5) is 0 Å². The Kier molecular flexibility index (Phi) is 4.01. The molecule has 6 nitrogen and oxygen atoms in total. The molecule has 21 heavy (non-hydrogen) atoms. The molecule has 8 heteroatoms. The molecule has 0 aromatic carbocycles. The standard InChI is InChI=1S/C13H17N5OS2/c1-20-8-11(15-12(19)9-2-5-21-7-9)10-6-18(17-16-10)13(14)3-4-13/h2,5-7,11H,3-4,8,14H2,1H3,(H,15,19)/t11-/m0/s1. The van der Waals surface area contributed by atoms with Crippen molar-refractivity contribution in [2.45, 2.75) is 24.5 Å². The lowest BCUT2D eigenvalue weighted by atomic mass is 10.2.